The third kappa shape index (κ3) is 6.42. The smallest absolute Gasteiger partial charge is 0.308 e. The van der Waals surface area contributed by atoms with E-state index in [-0.39, 0.29) is 24.3 Å². The van der Waals surface area contributed by atoms with E-state index in [1.54, 1.807) is 6.92 Å². The van der Waals surface area contributed by atoms with Crippen molar-refractivity contribution in [2.75, 3.05) is 6.61 Å². The molecule has 132 valence electrons. The molecule has 0 aliphatic rings. The van der Waals surface area contributed by atoms with E-state index in [2.05, 4.69) is 5.32 Å². The SMILES string of the molecule is CCOC(=O)C[C@@H](NC(=O)CCc1ccccc1)c1ccc(C)cc1. The number of carbonyl (C=O) groups excluding carboxylic acids is 2. The lowest BCUT2D eigenvalue weighted by atomic mass is 10.0. The minimum Gasteiger partial charge on any atom is -0.466 e. The second kappa shape index (κ2) is 9.62. The Hall–Kier alpha value is -2.62. The fourth-order valence-electron chi connectivity index (χ4n) is 2.61. The summed E-state index contributed by atoms with van der Waals surface area (Å²) < 4.78 is 5.04. The van der Waals surface area contributed by atoms with Gasteiger partial charge in [-0.1, -0.05) is 60.2 Å². The first-order valence-electron chi connectivity index (χ1n) is 8.64. The summed E-state index contributed by atoms with van der Waals surface area (Å²) in [6, 6.07) is 17.3. The molecule has 4 heteroatoms. The first kappa shape index (κ1) is 18.7. The van der Waals surface area contributed by atoms with Gasteiger partial charge in [-0.15, -0.1) is 0 Å². The van der Waals surface area contributed by atoms with Crippen molar-refractivity contribution in [1.82, 2.24) is 5.32 Å². The van der Waals surface area contributed by atoms with Gasteiger partial charge in [0.25, 0.3) is 0 Å². The fraction of sp³-hybridized carbons (Fsp3) is 0.333. The molecule has 0 aromatic heterocycles. The summed E-state index contributed by atoms with van der Waals surface area (Å²) in [4.78, 5) is 24.2. The fourth-order valence-corrected chi connectivity index (χ4v) is 2.61. The van der Waals surface area contributed by atoms with E-state index in [1.807, 2.05) is 61.5 Å². The van der Waals surface area contributed by atoms with Crippen LogP contribution in [-0.2, 0) is 20.7 Å². The molecule has 1 amide bonds. The number of rotatable bonds is 8. The number of esters is 1. The normalized spacial score (nSPS) is 11.6. The lowest BCUT2D eigenvalue weighted by Gasteiger charge is -2.19. The average Bonchev–Trinajstić information content (AvgIpc) is 2.61. The Bertz CT molecular complexity index is 680. The van der Waals surface area contributed by atoms with Crippen LogP contribution in [0.5, 0.6) is 0 Å². The van der Waals surface area contributed by atoms with Crippen molar-refractivity contribution in [2.24, 2.45) is 0 Å². The van der Waals surface area contributed by atoms with Crippen LogP contribution in [0.3, 0.4) is 0 Å². The second-order valence-electron chi connectivity index (χ2n) is 6.03. The van der Waals surface area contributed by atoms with Gasteiger partial charge >= 0.3 is 5.97 Å². The zero-order valence-electron chi connectivity index (χ0n) is 14.8. The van der Waals surface area contributed by atoms with Gasteiger partial charge in [-0.2, -0.15) is 0 Å². The minimum absolute atomic E-state index is 0.0706. The summed E-state index contributed by atoms with van der Waals surface area (Å²) in [7, 11) is 0. The Kier molecular flexibility index (Phi) is 7.20. The number of carbonyl (C=O) groups is 2. The van der Waals surface area contributed by atoms with E-state index in [4.69, 9.17) is 4.74 Å². The van der Waals surface area contributed by atoms with E-state index in [9.17, 15) is 9.59 Å². The molecule has 0 fully saturated rings. The van der Waals surface area contributed by atoms with Gasteiger partial charge in [0.1, 0.15) is 0 Å². The number of hydrogen-bond acceptors (Lipinski definition) is 3. The number of nitrogens with one attached hydrogen (secondary N) is 1. The van der Waals surface area contributed by atoms with Crippen LogP contribution in [-0.4, -0.2) is 18.5 Å². The average molecular weight is 339 g/mol. The van der Waals surface area contributed by atoms with Gasteiger partial charge in [0, 0.05) is 6.42 Å². The maximum Gasteiger partial charge on any atom is 0.308 e. The Morgan fingerprint density at radius 3 is 2.36 bits per heavy atom. The second-order valence-corrected chi connectivity index (χ2v) is 6.03. The van der Waals surface area contributed by atoms with E-state index >= 15 is 0 Å². The highest BCUT2D eigenvalue weighted by molar-refractivity contribution is 5.78. The highest BCUT2D eigenvalue weighted by atomic mass is 16.5. The maximum absolute atomic E-state index is 12.3. The van der Waals surface area contributed by atoms with Crippen LogP contribution < -0.4 is 5.32 Å². The van der Waals surface area contributed by atoms with Gasteiger partial charge in [0.15, 0.2) is 0 Å². The molecule has 25 heavy (non-hydrogen) atoms. The molecule has 2 aromatic rings. The molecule has 1 N–H and O–H groups in total. The maximum atomic E-state index is 12.3. The van der Waals surface area contributed by atoms with E-state index in [0.717, 1.165) is 16.7 Å². The highest BCUT2D eigenvalue weighted by Gasteiger charge is 2.19. The molecule has 0 saturated carbocycles. The molecule has 0 unspecified atom stereocenters. The number of hydrogen-bond donors (Lipinski definition) is 1. The van der Waals surface area contributed by atoms with Crippen molar-refractivity contribution in [1.29, 1.82) is 0 Å². The minimum atomic E-state index is -0.372. The number of ether oxygens (including phenoxy) is 1. The van der Waals surface area contributed by atoms with E-state index < -0.39 is 0 Å². The summed E-state index contributed by atoms with van der Waals surface area (Å²) in [5.74, 6) is -0.379. The lowest BCUT2D eigenvalue weighted by Crippen LogP contribution is -2.30. The van der Waals surface area contributed by atoms with Crippen LogP contribution >= 0.6 is 0 Å². The lowest BCUT2D eigenvalue weighted by molar-refractivity contribution is -0.143. The van der Waals surface area contributed by atoms with Gasteiger partial charge in [0.2, 0.25) is 5.91 Å². The molecule has 0 radical (unpaired) electrons. The zero-order chi connectivity index (χ0) is 18.1. The van der Waals surface area contributed by atoms with E-state index in [0.29, 0.717) is 19.4 Å². The van der Waals surface area contributed by atoms with Crippen molar-refractivity contribution >= 4 is 11.9 Å². The molecular formula is C21H25NO3. The van der Waals surface area contributed by atoms with Gasteiger partial charge in [-0.05, 0) is 31.4 Å². The molecule has 0 spiro atoms. The van der Waals surface area contributed by atoms with Crippen LogP contribution in [0.15, 0.2) is 54.6 Å². The first-order chi connectivity index (χ1) is 12.1. The van der Waals surface area contributed by atoms with Crippen LogP contribution in [0.1, 0.15) is 42.5 Å². The molecule has 1 atom stereocenters. The predicted molar refractivity (Wildman–Crippen MR) is 98.1 cm³/mol. The van der Waals surface area contributed by atoms with Gasteiger partial charge in [-0.3, -0.25) is 9.59 Å². The molecule has 0 bridgehead atoms. The molecule has 4 nitrogen and oxygen atoms in total. The van der Waals surface area contributed by atoms with Crippen molar-refractivity contribution < 1.29 is 14.3 Å². The van der Waals surface area contributed by atoms with Crippen LogP contribution in [0.25, 0.3) is 0 Å². The third-order valence-corrected chi connectivity index (χ3v) is 3.97. The monoisotopic (exact) mass is 339 g/mol. The third-order valence-electron chi connectivity index (χ3n) is 3.97. The van der Waals surface area contributed by atoms with Gasteiger partial charge in [0.05, 0.1) is 19.1 Å². The highest BCUT2D eigenvalue weighted by Crippen LogP contribution is 2.19. The standard InChI is InChI=1S/C21H25NO3/c1-3-25-21(24)15-19(18-12-9-16(2)10-13-18)22-20(23)14-11-17-7-5-4-6-8-17/h4-10,12-13,19H,3,11,14-15H2,1-2H3,(H,22,23)/t19-/m1/s1. The topological polar surface area (TPSA) is 55.4 Å². The van der Waals surface area contributed by atoms with Crippen molar-refractivity contribution in [2.45, 2.75) is 39.2 Å². The predicted octanol–water partition coefficient (Wildman–Crippen LogP) is 3.74. The van der Waals surface area contributed by atoms with Crippen molar-refractivity contribution in [3.8, 4) is 0 Å². The number of amides is 1. The number of benzene rings is 2. The molecule has 0 aliphatic carbocycles. The van der Waals surface area contributed by atoms with E-state index in [1.165, 1.54) is 0 Å². The van der Waals surface area contributed by atoms with Crippen LogP contribution in [0.4, 0.5) is 0 Å². The summed E-state index contributed by atoms with van der Waals surface area (Å²) >= 11 is 0. The Balaban J connectivity index is 2.00. The summed E-state index contributed by atoms with van der Waals surface area (Å²) in [5, 5.41) is 2.97. The quantitative estimate of drug-likeness (QED) is 0.746. The largest absolute Gasteiger partial charge is 0.466 e. The van der Waals surface area contributed by atoms with Crippen molar-refractivity contribution in [3.63, 3.8) is 0 Å². The van der Waals surface area contributed by atoms with Crippen LogP contribution in [0.2, 0.25) is 0 Å². The molecular weight excluding hydrogens is 314 g/mol. The summed E-state index contributed by atoms with van der Waals surface area (Å²) in [5.41, 5.74) is 3.16. The Morgan fingerprint density at radius 2 is 1.72 bits per heavy atom. The first-order valence-corrected chi connectivity index (χ1v) is 8.64. The van der Waals surface area contributed by atoms with Crippen molar-refractivity contribution in [3.05, 3.63) is 71.3 Å². The zero-order valence-corrected chi connectivity index (χ0v) is 14.8. The molecule has 0 heterocycles. The van der Waals surface area contributed by atoms with Gasteiger partial charge < -0.3 is 10.1 Å². The number of aryl methyl sites for hydroxylation is 2. The van der Waals surface area contributed by atoms with Gasteiger partial charge in [-0.25, -0.2) is 0 Å². The molecule has 0 aliphatic heterocycles. The van der Waals surface area contributed by atoms with Crippen LogP contribution in [0, 0.1) is 6.92 Å². The molecule has 2 aromatic carbocycles. The molecule has 2 rings (SSSR count). The Morgan fingerprint density at radius 1 is 1.04 bits per heavy atom. The summed E-state index contributed by atoms with van der Waals surface area (Å²) in [6.45, 7) is 4.11. The summed E-state index contributed by atoms with van der Waals surface area (Å²) in [6.07, 6.45) is 1.19. The molecule has 0 saturated heterocycles. The Labute approximate surface area is 149 Å².